The van der Waals surface area contributed by atoms with E-state index in [0.717, 1.165) is 62.9 Å². The van der Waals surface area contributed by atoms with Crippen LogP contribution in [0.2, 0.25) is 0 Å². The number of carbonyl (C=O) groups is 2. The largest absolute Gasteiger partial charge is 0.337 e. The maximum absolute atomic E-state index is 13.2. The van der Waals surface area contributed by atoms with Gasteiger partial charge in [-0.15, -0.1) is 0 Å². The monoisotopic (exact) mass is 409 g/mol. The molecule has 2 aromatic rings. The van der Waals surface area contributed by atoms with Crippen LogP contribution >= 0.6 is 0 Å². The SMILES string of the molecule is O=C(C1CC1)N1CCc2nc3cc([C@H]4CCCCN4C(=O)C4CC4)[nH]n3c(=O)c2C1. The molecular weight excluding hydrogens is 382 g/mol. The van der Waals surface area contributed by atoms with Crippen LogP contribution < -0.4 is 5.56 Å². The first kappa shape index (κ1) is 18.2. The van der Waals surface area contributed by atoms with Gasteiger partial charge in [0.25, 0.3) is 5.56 Å². The van der Waals surface area contributed by atoms with Crippen molar-refractivity contribution >= 4 is 17.5 Å². The molecule has 8 nitrogen and oxygen atoms in total. The minimum absolute atomic E-state index is 0.0158. The number of piperidine rings is 1. The van der Waals surface area contributed by atoms with Crippen molar-refractivity contribution in [3.63, 3.8) is 0 Å². The zero-order chi connectivity index (χ0) is 20.4. The van der Waals surface area contributed by atoms with Crippen molar-refractivity contribution in [3.05, 3.63) is 33.4 Å². The molecule has 1 saturated heterocycles. The van der Waals surface area contributed by atoms with Crippen LogP contribution in [0, 0.1) is 11.8 Å². The summed E-state index contributed by atoms with van der Waals surface area (Å²) in [6.45, 7) is 1.77. The molecule has 8 heteroatoms. The summed E-state index contributed by atoms with van der Waals surface area (Å²) in [4.78, 5) is 47.1. The van der Waals surface area contributed by atoms with E-state index in [4.69, 9.17) is 4.98 Å². The van der Waals surface area contributed by atoms with E-state index in [0.29, 0.717) is 30.7 Å². The van der Waals surface area contributed by atoms with Crippen molar-refractivity contribution < 1.29 is 9.59 Å². The van der Waals surface area contributed by atoms with E-state index >= 15 is 0 Å². The van der Waals surface area contributed by atoms with Gasteiger partial charge in [-0.25, -0.2) is 9.50 Å². The van der Waals surface area contributed by atoms with Gasteiger partial charge < -0.3 is 9.80 Å². The number of aromatic amines is 1. The highest BCUT2D eigenvalue weighted by atomic mass is 16.2. The van der Waals surface area contributed by atoms with Gasteiger partial charge in [-0.2, -0.15) is 0 Å². The van der Waals surface area contributed by atoms with Gasteiger partial charge in [-0.3, -0.25) is 19.5 Å². The molecule has 4 aliphatic rings. The van der Waals surface area contributed by atoms with Crippen molar-refractivity contribution in [1.82, 2.24) is 24.4 Å². The van der Waals surface area contributed by atoms with Crippen molar-refractivity contribution in [1.29, 1.82) is 0 Å². The molecule has 30 heavy (non-hydrogen) atoms. The van der Waals surface area contributed by atoms with Gasteiger partial charge in [-0.05, 0) is 44.9 Å². The lowest BCUT2D eigenvalue weighted by atomic mass is 9.98. The van der Waals surface area contributed by atoms with Crippen LogP contribution in [0.1, 0.15) is 67.9 Å². The highest BCUT2D eigenvalue weighted by Gasteiger charge is 2.39. The molecule has 2 amide bonds. The number of nitrogens with one attached hydrogen (secondary N) is 1. The summed E-state index contributed by atoms with van der Waals surface area (Å²) in [5, 5.41) is 3.25. The van der Waals surface area contributed by atoms with Crippen LogP contribution in [0.5, 0.6) is 0 Å². The van der Waals surface area contributed by atoms with Crippen molar-refractivity contribution in [2.45, 2.75) is 64.0 Å². The number of hydrogen-bond donors (Lipinski definition) is 1. The number of amides is 2. The molecule has 0 radical (unpaired) electrons. The molecule has 2 aromatic heterocycles. The van der Waals surface area contributed by atoms with E-state index in [9.17, 15) is 14.4 Å². The summed E-state index contributed by atoms with van der Waals surface area (Å²) < 4.78 is 1.51. The maximum Gasteiger partial charge on any atom is 0.277 e. The summed E-state index contributed by atoms with van der Waals surface area (Å²) in [6, 6.07) is 1.92. The molecule has 0 spiro atoms. The molecular formula is C22H27N5O3. The number of rotatable bonds is 3. The van der Waals surface area contributed by atoms with E-state index < -0.39 is 0 Å². The highest BCUT2D eigenvalue weighted by Crippen LogP contribution is 2.38. The first-order valence-electron chi connectivity index (χ1n) is 11.3. The molecule has 0 unspecified atom stereocenters. The Morgan fingerprint density at radius 3 is 2.53 bits per heavy atom. The number of likely N-dealkylation sites (tertiary alicyclic amines) is 1. The predicted molar refractivity (Wildman–Crippen MR) is 109 cm³/mol. The Labute approximate surface area is 174 Å². The zero-order valence-corrected chi connectivity index (χ0v) is 17.1. The number of H-pyrrole nitrogens is 1. The second kappa shape index (κ2) is 6.68. The molecule has 1 N–H and O–H groups in total. The summed E-state index contributed by atoms with van der Waals surface area (Å²) >= 11 is 0. The van der Waals surface area contributed by atoms with Crippen molar-refractivity contribution in [2.75, 3.05) is 13.1 Å². The third-order valence-electron chi connectivity index (χ3n) is 7.09. The number of fused-ring (bicyclic) bond motifs is 2. The molecule has 4 heterocycles. The average molecular weight is 409 g/mol. The quantitative estimate of drug-likeness (QED) is 0.837. The summed E-state index contributed by atoms with van der Waals surface area (Å²) in [6.07, 6.45) is 7.57. The molecule has 158 valence electrons. The van der Waals surface area contributed by atoms with Gasteiger partial charge in [0.1, 0.15) is 0 Å². The molecule has 2 saturated carbocycles. The number of hydrogen-bond acceptors (Lipinski definition) is 4. The maximum atomic E-state index is 13.2. The number of aromatic nitrogens is 3. The first-order valence-corrected chi connectivity index (χ1v) is 11.3. The minimum atomic E-state index is -0.120. The Kier molecular flexibility index (Phi) is 4.05. The Balaban J connectivity index is 1.34. The normalized spacial score (nSPS) is 24.2. The number of carbonyl (C=O) groups excluding carboxylic acids is 2. The Hall–Kier alpha value is -2.64. The van der Waals surface area contributed by atoms with Gasteiger partial charge >= 0.3 is 0 Å². The molecule has 0 aromatic carbocycles. The van der Waals surface area contributed by atoms with E-state index in [-0.39, 0.29) is 35.3 Å². The average Bonchev–Trinajstić information content (AvgIpc) is 3.69. The summed E-state index contributed by atoms with van der Waals surface area (Å²) in [5.41, 5.74) is 2.81. The minimum Gasteiger partial charge on any atom is -0.337 e. The summed E-state index contributed by atoms with van der Waals surface area (Å²) in [5.74, 6) is 0.781. The zero-order valence-electron chi connectivity index (χ0n) is 17.1. The van der Waals surface area contributed by atoms with E-state index in [2.05, 4.69) is 5.10 Å². The van der Waals surface area contributed by atoms with Crippen molar-refractivity contribution in [2.24, 2.45) is 11.8 Å². The van der Waals surface area contributed by atoms with Gasteiger partial charge in [0.2, 0.25) is 11.8 Å². The molecule has 0 bridgehead atoms. The lowest BCUT2D eigenvalue weighted by molar-refractivity contribution is -0.136. The van der Waals surface area contributed by atoms with E-state index in [1.165, 1.54) is 4.52 Å². The lowest BCUT2D eigenvalue weighted by Crippen LogP contribution is -2.41. The van der Waals surface area contributed by atoms with Crippen molar-refractivity contribution in [3.8, 4) is 0 Å². The predicted octanol–water partition coefficient (Wildman–Crippen LogP) is 1.78. The van der Waals surface area contributed by atoms with Crippen LogP contribution in [0.15, 0.2) is 10.9 Å². The third kappa shape index (κ3) is 2.96. The fraction of sp³-hybridized carbons (Fsp3) is 0.636. The van der Waals surface area contributed by atoms with E-state index in [1.54, 1.807) is 0 Å². The third-order valence-corrected chi connectivity index (χ3v) is 7.09. The standard InChI is InChI=1S/C22H27N5O3/c28-20(13-4-5-13)25-10-8-16-15(12-25)22(30)27-19(23-16)11-17(24-27)18-3-1-2-9-26(18)21(29)14-6-7-14/h11,13-14,18,24H,1-10,12H2/t18-/m1/s1. The lowest BCUT2D eigenvalue weighted by Gasteiger charge is -2.35. The highest BCUT2D eigenvalue weighted by molar-refractivity contribution is 5.82. The van der Waals surface area contributed by atoms with Crippen LogP contribution in [0.4, 0.5) is 0 Å². The Morgan fingerprint density at radius 1 is 1.00 bits per heavy atom. The molecule has 2 aliphatic carbocycles. The molecule has 2 aliphatic heterocycles. The molecule has 1 atom stereocenters. The van der Waals surface area contributed by atoms with Crippen LogP contribution in [-0.4, -0.2) is 49.3 Å². The second-order valence-electron chi connectivity index (χ2n) is 9.35. The molecule has 6 rings (SSSR count). The van der Waals surface area contributed by atoms with Gasteiger partial charge in [-0.1, -0.05) is 0 Å². The van der Waals surface area contributed by atoms with Crippen LogP contribution in [0.3, 0.4) is 0 Å². The van der Waals surface area contributed by atoms with Crippen LogP contribution in [0.25, 0.3) is 5.65 Å². The van der Waals surface area contributed by atoms with Gasteiger partial charge in [0.15, 0.2) is 5.65 Å². The fourth-order valence-corrected chi connectivity index (χ4v) is 5.03. The number of nitrogens with zero attached hydrogens (tertiary/aromatic N) is 4. The molecule has 3 fully saturated rings. The topological polar surface area (TPSA) is 90.8 Å². The smallest absolute Gasteiger partial charge is 0.277 e. The Morgan fingerprint density at radius 2 is 1.77 bits per heavy atom. The second-order valence-corrected chi connectivity index (χ2v) is 9.35. The first-order chi connectivity index (χ1) is 14.6. The van der Waals surface area contributed by atoms with E-state index in [1.807, 2.05) is 15.9 Å². The van der Waals surface area contributed by atoms with Crippen LogP contribution in [-0.2, 0) is 22.6 Å². The fourth-order valence-electron chi connectivity index (χ4n) is 5.03. The summed E-state index contributed by atoms with van der Waals surface area (Å²) in [7, 11) is 0. The Bertz CT molecular complexity index is 1090. The van der Waals surface area contributed by atoms with Gasteiger partial charge in [0.05, 0.1) is 29.5 Å². The van der Waals surface area contributed by atoms with Gasteiger partial charge in [0, 0.05) is 37.4 Å².